The van der Waals surface area contributed by atoms with Crippen LogP contribution in [0.4, 0.5) is 0 Å². The van der Waals surface area contributed by atoms with Crippen LogP contribution in [-0.2, 0) is 0 Å². The fraction of sp³-hybridized carbons (Fsp3) is 0.600. The van der Waals surface area contributed by atoms with Crippen LogP contribution in [0.1, 0.15) is 25.7 Å². The van der Waals surface area contributed by atoms with Gasteiger partial charge in [-0.1, -0.05) is 12.2 Å². The third-order valence-corrected chi connectivity index (χ3v) is 2.64. The van der Waals surface area contributed by atoms with E-state index in [2.05, 4.69) is 24.1 Å². The average Bonchev–Trinajstić information content (AvgIpc) is 2.06. The molecule has 0 aromatic heterocycles. The Hall–Kier alpha value is -0.720. The van der Waals surface area contributed by atoms with E-state index in [0.717, 1.165) is 0 Å². The first-order valence-corrected chi connectivity index (χ1v) is 4.47. The molecule has 1 heterocycles. The molecule has 1 heteroatoms. The largest absolute Gasteiger partial charge is 0.378 e. The van der Waals surface area contributed by atoms with Crippen molar-refractivity contribution in [2.24, 2.45) is 0 Å². The summed E-state index contributed by atoms with van der Waals surface area (Å²) in [7, 11) is 2.22. The molecule has 0 aromatic rings. The van der Waals surface area contributed by atoms with Crippen LogP contribution in [0.5, 0.6) is 0 Å². The zero-order chi connectivity index (χ0) is 7.68. The molecule has 11 heavy (non-hydrogen) atoms. The second-order valence-corrected chi connectivity index (χ2v) is 3.44. The lowest BCUT2D eigenvalue weighted by Crippen LogP contribution is -2.25. The van der Waals surface area contributed by atoms with E-state index in [-0.39, 0.29) is 0 Å². The molecule has 2 aliphatic rings. The highest BCUT2D eigenvalue weighted by Crippen LogP contribution is 2.28. The standard InChI is InChI=1S/C10H15N/c1-11-8-4-6-9-5-2-3-7-10(9)11/h2,5H,3-4,6-8H2,1H3. The third-order valence-electron chi connectivity index (χ3n) is 2.64. The molecule has 0 bridgehead atoms. The Morgan fingerprint density at radius 2 is 2.27 bits per heavy atom. The maximum absolute atomic E-state index is 2.42. The van der Waals surface area contributed by atoms with Crippen LogP contribution in [-0.4, -0.2) is 18.5 Å². The number of nitrogens with zero attached hydrogens (tertiary/aromatic N) is 1. The van der Waals surface area contributed by atoms with Crippen molar-refractivity contribution in [1.82, 2.24) is 4.90 Å². The SMILES string of the molecule is CN1CCCC2=C1CCC=C2. The summed E-state index contributed by atoms with van der Waals surface area (Å²) in [4.78, 5) is 2.42. The van der Waals surface area contributed by atoms with Crippen molar-refractivity contribution in [2.75, 3.05) is 13.6 Å². The normalized spacial score (nSPS) is 23.9. The Morgan fingerprint density at radius 1 is 1.36 bits per heavy atom. The molecule has 0 aromatic carbocycles. The van der Waals surface area contributed by atoms with Gasteiger partial charge in [-0.15, -0.1) is 0 Å². The number of allylic oxidation sites excluding steroid dienone is 4. The first-order valence-electron chi connectivity index (χ1n) is 4.47. The van der Waals surface area contributed by atoms with Crippen molar-refractivity contribution in [3.8, 4) is 0 Å². The third kappa shape index (κ3) is 1.20. The van der Waals surface area contributed by atoms with Crippen molar-refractivity contribution in [3.05, 3.63) is 23.4 Å². The van der Waals surface area contributed by atoms with Gasteiger partial charge in [-0.25, -0.2) is 0 Å². The molecule has 2 rings (SSSR count). The predicted octanol–water partition coefficient (Wildman–Crippen LogP) is 2.32. The first-order chi connectivity index (χ1) is 5.38. The molecule has 0 amide bonds. The second-order valence-electron chi connectivity index (χ2n) is 3.44. The highest BCUT2D eigenvalue weighted by molar-refractivity contribution is 5.30. The van der Waals surface area contributed by atoms with E-state index in [1.165, 1.54) is 32.2 Å². The predicted molar refractivity (Wildman–Crippen MR) is 47.3 cm³/mol. The van der Waals surface area contributed by atoms with E-state index in [4.69, 9.17) is 0 Å². The van der Waals surface area contributed by atoms with E-state index in [0.29, 0.717) is 0 Å². The van der Waals surface area contributed by atoms with Crippen molar-refractivity contribution in [1.29, 1.82) is 0 Å². The van der Waals surface area contributed by atoms with Crippen LogP contribution < -0.4 is 0 Å². The summed E-state index contributed by atoms with van der Waals surface area (Å²) >= 11 is 0. The van der Waals surface area contributed by atoms with Gasteiger partial charge in [0.25, 0.3) is 0 Å². The maximum Gasteiger partial charge on any atom is 0.0175 e. The highest BCUT2D eigenvalue weighted by atomic mass is 15.1. The summed E-state index contributed by atoms with van der Waals surface area (Å²) in [6.45, 7) is 1.26. The van der Waals surface area contributed by atoms with E-state index >= 15 is 0 Å². The highest BCUT2D eigenvalue weighted by Gasteiger charge is 2.16. The fourth-order valence-electron chi connectivity index (χ4n) is 2.01. The number of rotatable bonds is 0. The molecule has 0 fully saturated rings. The smallest absolute Gasteiger partial charge is 0.0175 e. The minimum absolute atomic E-state index is 1.24. The van der Waals surface area contributed by atoms with Crippen molar-refractivity contribution < 1.29 is 0 Å². The second kappa shape index (κ2) is 2.72. The number of hydrogen-bond donors (Lipinski definition) is 0. The van der Waals surface area contributed by atoms with Crippen LogP contribution >= 0.6 is 0 Å². The van der Waals surface area contributed by atoms with E-state index in [9.17, 15) is 0 Å². The summed E-state index contributed by atoms with van der Waals surface area (Å²) in [5, 5.41) is 0. The summed E-state index contributed by atoms with van der Waals surface area (Å²) in [6, 6.07) is 0. The molecular formula is C10H15N. The van der Waals surface area contributed by atoms with Gasteiger partial charge in [0.05, 0.1) is 0 Å². The molecule has 0 unspecified atom stereocenters. The van der Waals surface area contributed by atoms with Crippen LogP contribution in [0.2, 0.25) is 0 Å². The topological polar surface area (TPSA) is 3.24 Å². The van der Waals surface area contributed by atoms with Crippen LogP contribution in [0.15, 0.2) is 23.4 Å². The molecule has 0 radical (unpaired) electrons. The molecule has 0 saturated carbocycles. The minimum Gasteiger partial charge on any atom is -0.378 e. The van der Waals surface area contributed by atoms with Gasteiger partial charge < -0.3 is 4.90 Å². The lowest BCUT2D eigenvalue weighted by molar-refractivity contribution is 0.364. The molecule has 0 saturated heterocycles. The van der Waals surface area contributed by atoms with Gasteiger partial charge in [0, 0.05) is 19.3 Å². The molecule has 60 valence electrons. The Balaban J connectivity index is 2.28. The zero-order valence-corrected chi connectivity index (χ0v) is 7.14. The van der Waals surface area contributed by atoms with Gasteiger partial charge in [-0.2, -0.15) is 0 Å². The molecule has 0 N–H and O–H groups in total. The van der Waals surface area contributed by atoms with Gasteiger partial charge in [0.2, 0.25) is 0 Å². The van der Waals surface area contributed by atoms with Gasteiger partial charge >= 0.3 is 0 Å². The summed E-state index contributed by atoms with van der Waals surface area (Å²) < 4.78 is 0. The molecule has 1 aliphatic carbocycles. The average molecular weight is 149 g/mol. The van der Waals surface area contributed by atoms with Crippen LogP contribution in [0, 0.1) is 0 Å². The van der Waals surface area contributed by atoms with Crippen molar-refractivity contribution >= 4 is 0 Å². The Morgan fingerprint density at radius 3 is 3.09 bits per heavy atom. The van der Waals surface area contributed by atoms with Crippen LogP contribution in [0.3, 0.4) is 0 Å². The fourth-order valence-corrected chi connectivity index (χ4v) is 2.01. The Bertz CT molecular complexity index is 213. The van der Waals surface area contributed by atoms with E-state index < -0.39 is 0 Å². The molecule has 0 atom stereocenters. The van der Waals surface area contributed by atoms with Crippen molar-refractivity contribution in [3.63, 3.8) is 0 Å². The summed E-state index contributed by atoms with van der Waals surface area (Å²) in [6.07, 6.45) is 9.76. The maximum atomic E-state index is 2.42. The van der Waals surface area contributed by atoms with Gasteiger partial charge in [-0.05, 0) is 31.3 Å². The quantitative estimate of drug-likeness (QED) is 0.511. The number of hydrogen-bond acceptors (Lipinski definition) is 1. The van der Waals surface area contributed by atoms with E-state index in [1.54, 1.807) is 11.3 Å². The van der Waals surface area contributed by atoms with Gasteiger partial charge in [0.15, 0.2) is 0 Å². The van der Waals surface area contributed by atoms with Crippen LogP contribution in [0.25, 0.3) is 0 Å². The monoisotopic (exact) mass is 149 g/mol. The van der Waals surface area contributed by atoms with E-state index in [1.807, 2.05) is 0 Å². The summed E-state index contributed by atoms with van der Waals surface area (Å²) in [5.74, 6) is 0. The zero-order valence-electron chi connectivity index (χ0n) is 7.14. The molecule has 1 aliphatic heterocycles. The first kappa shape index (κ1) is 6.96. The molecular weight excluding hydrogens is 134 g/mol. The lowest BCUT2D eigenvalue weighted by Gasteiger charge is -2.31. The lowest BCUT2D eigenvalue weighted by atomic mass is 9.95. The van der Waals surface area contributed by atoms with Crippen molar-refractivity contribution in [2.45, 2.75) is 25.7 Å². The van der Waals surface area contributed by atoms with Gasteiger partial charge in [-0.3, -0.25) is 0 Å². The van der Waals surface area contributed by atoms with Gasteiger partial charge in [0.1, 0.15) is 0 Å². The minimum atomic E-state index is 1.24. The summed E-state index contributed by atoms with van der Waals surface area (Å²) in [5.41, 5.74) is 3.18. The molecule has 1 nitrogen and oxygen atoms in total. The Kier molecular flexibility index (Phi) is 1.72. The molecule has 0 spiro atoms. The Labute approximate surface area is 68.4 Å².